The lowest BCUT2D eigenvalue weighted by Gasteiger charge is -2.31. The Balaban J connectivity index is 2.86. The maximum absolute atomic E-state index is 11.4. The second-order valence-electron chi connectivity index (χ2n) is 6.20. The molecule has 1 aromatic carbocycles. The molecule has 1 rings (SSSR count). The molecule has 4 heteroatoms. The Labute approximate surface area is 162 Å². The molecular formula is C23H30O4. The summed E-state index contributed by atoms with van der Waals surface area (Å²) in [6, 6.07) is 9.83. The van der Waals surface area contributed by atoms with Crippen molar-refractivity contribution in [1.29, 1.82) is 0 Å². The largest absolute Gasteiger partial charge is 0.460 e. The molecule has 0 aliphatic carbocycles. The van der Waals surface area contributed by atoms with Crippen LogP contribution in [-0.4, -0.2) is 30.9 Å². The van der Waals surface area contributed by atoms with Gasteiger partial charge in [0.25, 0.3) is 0 Å². The van der Waals surface area contributed by atoms with Crippen LogP contribution in [0.3, 0.4) is 0 Å². The third-order valence-corrected chi connectivity index (χ3v) is 3.82. The fraction of sp³-hybridized carbons (Fsp3) is 0.348. The number of benzene rings is 1. The first-order valence-corrected chi connectivity index (χ1v) is 9.00. The molecule has 0 saturated carbocycles. The number of carbonyl (C=O) groups excluding carboxylic acids is 1. The first kappa shape index (κ1) is 22.6. The zero-order valence-electron chi connectivity index (χ0n) is 16.3. The van der Waals surface area contributed by atoms with E-state index in [-0.39, 0.29) is 12.1 Å². The highest BCUT2D eigenvalue weighted by Crippen LogP contribution is 2.19. The van der Waals surface area contributed by atoms with E-state index in [0.717, 1.165) is 11.1 Å². The monoisotopic (exact) mass is 370 g/mol. The Hall–Kier alpha value is -2.43. The van der Waals surface area contributed by atoms with Crippen LogP contribution >= 0.6 is 0 Å². The highest BCUT2D eigenvalue weighted by atomic mass is 16.6. The summed E-state index contributed by atoms with van der Waals surface area (Å²) in [5.74, 6) is -0.355. The molecule has 146 valence electrons. The lowest BCUT2D eigenvalue weighted by Crippen LogP contribution is -2.42. The van der Waals surface area contributed by atoms with Gasteiger partial charge in [-0.05, 0) is 24.5 Å². The molecule has 0 saturated heterocycles. The Morgan fingerprint density at radius 3 is 2.48 bits per heavy atom. The highest BCUT2D eigenvalue weighted by Gasteiger charge is 2.30. The molecule has 0 aliphatic rings. The SMILES string of the molecule is C=C/C=C\C(=C)CO[C@H](CC=C)[C@H](OCc1ccccc1)[C@@H](C)OC(C)=O. The highest BCUT2D eigenvalue weighted by molar-refractivity contribution is 5.66. The van der Waals surface area contributed by atoms with Crippen molar-refractivity contribution in [3.8, 4) is 0 Å². The summed E-state index contributed by atoms with van der Waals surface area (Å²) < 4.78 is 17.5. The molecule has 0 N–H and O–H groups in total. The predicted octanol–water partition coefficient (Wildman–Crippen LogP) is 4.78. The normalized spacial score (nSPS) is 14.3. The van der Waals surface area contributed by atoms with Crippen LogP contribution in [0.4, 0.5) is 0 Å². The van der Waals surface area contributed by atoms with Gasteiger partial charge in [-0.25, -0.2) is 0 Å². The molecule has 3 atom stereocenters. The van der Waals surface area contributed by atoms with Gasteiger partial charge in [-0.3, -0.25) is 4.79 Å². The molecule has 0 heterocycles. The minimum Gasteiger partial charge on any atom is -0.460 e. The van der Waals surface area contributed by atoms with Crippen LogP contribution in [-0.2, 0) is 25.6 Å². The predicted molar refractivity (Wildman–Crippen MR) is 109 cm³/mol. The van der Waals surface area contributed by atoms with Crippen LogP contribution in [0.5, 0.6) is 0 Å². The fourth-order valence-corrected chi connectivity index (χ4v) is 2.57. The molecule has 27 heavy (non-hydrogen) atoms. The summed E-state index contributed by atoms with van der Waals surface area (Å²) in [6.07, 6.45) is 6.43. The van der Waals surface area contributed by atoms with Crippen molar-refractivity contribution in [2.24, 2.45) is 0 Å². The first-order valence-electron chi connectivity index (χ1n) is 9.00. The standard InChI is InChI=1S/C23H30O4/c1-6-8-13-18(3)16-25-22(12-7-2)23(19(4)27-20(5)24)26-17-21-14-10-9-11-15-21/h6-11,13-15,19,22-23H,1-3,12,16-17H2,4-5H3/b13-8-/t19-,22-,23-/m1/s1. The zero-order valence-corrected chi connectivity index (χ0v) is 16.3. The van der Waals surface area contributed by atoms with Crippen LogP contribution in [0.25, 0.3) is 0 Å². The van der Waals surface area contributed by atoms with E-state index in [1.807, 2.05) is 43.3 Å². The summed E-state index contributed by atoms with van der Waals surface area (Å²) in [5.41, 5.74) is 1.85. The minimum absolute atomic E-state index is 0.325. The molecule has 0 spiro atoms. The van der Waals surface area contributed by atoms with Crippen LogP contribution in [0.2, 0.25) is 0 Å². The summed E-state index contributed by atoms with van der Waals surface area (Å²) in [4.78, 5) is 11.4. The van der Waals surface area contributed by atoms with Crippen molar-refractivity contribution in [3.05, 3.63) is 85.5 Å². The number of hydrogen-bond acceptors (Lipinski definition) is 4. The molecule has 1 aromatic rings. The zero-order chi connectivity index (χ0) is 20.1. The number of hydrogen-bond donors (Lipinski definition) is 0. The van der Waals surface area contributed by atoms with Crippen LogP contribution in [0.15, 0.2) is 79.9 Å². The van der Waals surface area contributed by atoms with E-state index in [1.54, 1.807) is 18.2 Å². The summed E-state index contributed by atoms with van der Waals surface area (Å²) >= 11 is 0. The van der Waals surface area contributed by atoms with Crippen molar-refractivity contribution in [2.45, 2.75) is 45.2 Å². The van der Waals surface area contributed by atoms with Gasteiger partial charge in [-0.1, -0.05) is 67.8 Å². The van der Waals surface area contributed by atoms with Gasteiger partial charge in [-0.2, -0.15) is 0 Å². The van der Waals surface area contributed by atoms with Crippen molar-refractivity contribution < 1.29 is 19.0 Å². The Bertz CT molecular complexity index is 633. The van der Waals surface area contributed by atoms with Gasteiger partial charge in [0, 0.05) is 6.92 Å². The molecular weight excluding hydrogens is 340 g/mol. The van der Waals surface area contributed by atoms with Gasteiger partial charge in [0.1, 0.15) is 12.2 Å². The quantitative estimate of drug-likeness (QED) is 0.285. The topological polar surface area (TPSA) is 44.8 Å². The molecule has 4 nitrogen and oxygen atoms in total. The lowest BCUT2D eigenvalue weighted by atomic mass is 10.1. The summed E-state index contributed by atoms with van der Waals surface area (Å²) in [5, 5.41) is 0. The maximum atomic E-state index is 11.4. The van der Waals surface area contributed by atoms with E-state index >= 15 is 0 Å². The molecule has 0 unspecified atom stereocenters. The molecule has 0 aliphatic heterocycles. The number of ether oxygens (including phenoxy) is 3. The van der Waals surface area contributed by atoms with Gasteiger partial charge in [0.15, 0.2) is 0 Å². The Morgan fingerprint density at radius 2 is 1.89 bits per heavy atom. The minimum atomic E-state index is -0.465. The summed E-state index contributed by atoms with van der Waals surface area (Å²) in [7, 11) is 0. The van der Waals surface area contributed by atoms with Gasteiger partial charge in [0.2, 0.25) is 0 Å². The van der Waals surface area contributed by atoms with Crippen molar-refractivity contribution in [2.75, 3.05) is 6.61 Å². The van der Waals surface area contributed by atoms with Gasteiger partial charge in [-0.15, -0.1) is 6.58 Å². The van der Waals surface area contributed by atoms with E-state index in [9.17, 15) is 4.79 Å². The van der Waals surface area contributed by atoms with Crippen LogP contribution < -0.4 is 0 Å². The lowest BCUT2D eigenvalue weighted by molar-refractivity contribution is -0.165. The molecule has 0 aromatic heterocycles. The number of allylic oxidation sites excluding steroid dienone is 2. The van der Waals surface area contributed by atoms with Crippen LogP contribution in [0, 0.1) is 0 Å². The maximum Gasteiger partial charge on any atom is 0.302 e. The van der Waals surface area contributed by atoms with Gasteiger partial charge >= 0.3 is 5.97 Å². The van der Waals surface area contributed by atoms with Gasteiger partial charge in [0.05, 0.1) is 19.3 Å². The Morgan fingerprint density at radius 1 is 1.19 bits per heavy atom. The van der Waals surface area contributed by atoms with Crippen molar-refractivity contribution in [3.63, 3.8) is 0 Å². The molecule has 0 fully saturated rings. The second-order valence-corrected chi connectivity index (χ2v) is 6.20. The van der Waals surface area contributed by atoms with E-state index < -0.39 is 12.2 Å². The van der Waals surface area contributed by atoms with Crippen LogP contribution in [0.1, 0.15) is 25.8 Å². The molecule has 0 bridgehead atoms. The second kappa shape index (κ2) is 12.8. The Kier molecular flexibility index (Phi) is 10.8. The average Bonchev–Trinajstić information content (AvgIpc) is 2.64. The third-order valence-electron chi connectivity index (χ3n) is 3.82. The first-order chi connectivity index (χ1) is 13.0. The average molecular weight is 370 g/mol. The fourth-order valence-electron chi connectivity index (χ4n) is 2.57. The molecule has 0 radical (unpaired) electrons. The number of carbonyl (C=O) groups is 1. The van der Waals surface area contributed by atoms with Crippen molar-refractivity contribution >= 4 is 5.97 Å². The summed E-state index contributed by atoms with van der Waals surface area (Å²) in [6.45, 7) is 15.3. The molecule has 0 amide bonds. The number of esters is 1. The van der Waals surface area contributed by atoms with E-state index in [2.05, 4.69) is 19.7 Å². The number of rotatable bonds is 13. The van der Waals surface area contributed by atoms with E-state index in [0.29, 0.717) is 19.6 Å². The smallest absolute Gasteiger partial charge is 0.302 e. The van der Waals surface area contributed by atoms with Gasteiger partial charge < -0.3 is 14.2 Å². The van der Waals surface area contributed by atoms with Crippen molar-refractivity contribution in [1.82, 2.24) is 0 Å². The van der Waals surface area contributed by atoms with E-state index in [4.69, 9.17) is 14.2 Å². The third kappa shape index (κ3) is 9.18. The van der Waals surface area contributed by atoms with E-state index in [1.165, 1.54) is 6.92 Å².